The van der Waals surface area contributed by atoms with Crippen molar-refractivity contribution in [2.75, 3.05) is 0 Å². The van der Waals surface area contributed by atoms with Crippen LogP contribution in [0.3, 0.4) is 0 Å². The van der Waals surface area contributed by atoms with Crippen LogP contribution >= 0.6 is 0 Å². The van der Waals surface area contributed by atoms with Gasteiger partial charge in [0.2, 0.25) is 5.95 Å². The van der Waals surface area contributed by atoms with Crippen LogP contribution in [0.1, 0.15) is 25.5 Å². The molecule has 0 aliphatic rings. The Morgan fingerprint density at radius 2 is 2.15 bits per heavy atom. The van der Waals surface area contributed by atoms with E-state index in [4.69, 9.17) is 0 Å². The van der Waals surface area contributed by atoms with Crippen molar-refractivity contribution < 1.29 is 4.39 Å². The topological polar surface area (TPSA) is 72.3 Å². The normalized spacial score (nSPS) is 12.5. The zero-order chi connectivity index (χ0) is 18.6. The Morgan fingerprint density at radius 3 is 3.00 bits per heavy atom. The van der Waals surface area contributed by atoms with E-state index in [1.54, 1.807) is 24.7 Å². The lowest BCUT2D eigenvalue weighted by atomic mass is 9.97. The van der Waals surface area contributed by atoms with Crippen molar-refractivity contribution in [3.05, 3.63) is 60.8 Å². The molecule has 0 aliphatic carbocycles. The highest BCUT2D eigenvalue weighted by Gasteiger charge is 2.15. The zero-order valence-corrected chi connectivity index (χ0v) is 15.1. The third-order valence-electron chi connectivity index (χ3n) is 4.67. The van der Waals surface area contributed by atoms with E-state index in [9.17, 15) is 4.39 Å². The maximum absolute atomic E-state index is 13.5. The summed E-state index contributed by atoms with van der Waals surface area (Å²) in [5.74, 6) is 0.579. The summed E-state index contributed by atoms with van der Waals surface area (Å²) < 4.78 is 15.5. The van der Waals surface area contributed by atoms with Crippen LogP contribution in [0, 0.1) is 11.9 Å². The summed E-state index contributed by atoms with van der Waals surface area (Å²) in [5.41, 5.74) is 3.45. The average Bonchev–Trinajstić information content (AvgIpc) is 3.30. The fourth-order valence-electron chi connectivity index (χ4n) is 3.45. The highest BCUT2D eigenvalue weighted by molar-refractivity contribution is 5.73. The molecule has 138 valence electrons. The van der Waals surface area contributed by atoms with Crippen molar-refractivity contribution in [3.63, 3.8) is 0 Å². The van der Waals surface area contributed by atoms with Gasteiger partial charge in [-0.05, 0) is 37.0 Å². The summed E-state index contributed by atoms with van der Waals surface area (Å²) in [6.45, 7) is 2.96. The standard InChI is InChI=1S/C20H21FN6/c1-2-4-14(9-15-10-17-18(11-23-15)25-13-24-17)12-27-8-7-22-20(27)16-5-3-6-19(21)26-16/h3,5-8,10-11,13-14H,2,4,9,12H2,1H3,(H,24,25). The second-order valence-corrected chi connectivity index (χ2v) is 6.70. The fraction of sp³-hybridized carbons (Fsp3) is 0.300. The molecule has 0 saturated carbocycles. The first kappa shape index (κ1) is 17.3. The third kappa shape index (κ3) is 3.86. The third-order valence-corrected chi connectivity index (χ3v) is 4.67. The molecule has 4 aromatic rings. The van der Waals surface area contributed by atoms with Crippen LogP contribution in [-0.2, 0) is 13.0 Å². The maximum Gasteiger partial charge on any atom is 0.213 e. The smallest absolute Gasteiger partial charge is 0.213 e. The van der Waals surface area contributed by atoms with E-state index < -0.39 is 5.95 Å². The van der Waals surface area contributed by atoms with Gasteiger partial charge >= 0.3 is 0 Å². The monoisotopic (exact) mass is 364 g/mol. The molecule has 0 aromatic carbocycles. The molecule has 0 saturated heterocycles. The van der Waals surface area contributed by atoms with E-state index >= 15 is 0 Å². The second kappa shape index (κ2) is 7.65. The van der Waals surface area contributed by atoms with Gasteiger partial charge < -0.3 is 9.55 Å². The van der Waals surface area contributed by atoms with Crippen LogP contribution < -0.4 is 0 Å². The number of aromatic amines is 1. The minimum atomic E-state index is -0.497. The van der Waals surface area contributed by atoms with Crippen LogP contribution in [0.4, 0.5) is 4.39 Å². The molecule has 1 N–H and O–H groups in total. The number of rotatable bonds is 7. The lowest BCUT2D eigenvalue weighted by Gasteiger charge is -2.18. The number of nitrogens with one attached hydrogen (secondary N) is 1. The first-order valence-electron chi connectivity index (χ1n) is 9.15. The van der Waals surface area contributed by atoms with E-state index in [0.717, 1.165) is 42.5 Å². The molecular weight excluding hydrogens is 343 g/mol. The van der Waals surface area contributed by atoms with Crippen molar-refractivity contribution in [1.82, 2.24) is 29.5 Å². The largest absolute Gasteiger partial charge is 0.343 e. The van der Waals surface area contributed by atoms with E-state index in [2.05, 4.69) is 36.4 Å². The van der Waals surface area contributed by atoms with Gasteiger partial charge in [-0.25, -0.2) is 15.0 Å². The molecule has 4 aromatic heterocycles. The lowest BCUT2D eigenvalue weighted by molar-refractivity contribution is 0.406. The molecule has 0 bridgehead atoms. The molecule has 0 aliphatic heterocycles. The lowest BCUT2D eigenvalue weighted by Crippen LogP contribution is -2.15. The van der Waals surface area contributed by atoms with Gasteiger partial charge in [-0.15, -0.1) is 0 Å². The molecule has 0 spiro atoms. The summed E-state index contributed by atoms with van der Waals surface area (Å²) in [7, 11) is 0. The van der Waals surface area contributed by atoms with Gasteiger partial charge in [0.25, 0.3) is 0 Å². The summed E-state index contributed by atoms with van der Waals surface area (Å²) in [6.07, 6.45) is 10.2. The SMILES string of the molecule is CCCC(Cc1cc2nc[nH]c2cn1)Cn1ccnc1-c1cccc(F)n1. The van der Waals surface area contributed by atoms with Crippen molar-refractivity contribution in [2.45, 2.75) is 32.7 Å². The predicted octanol–water partition coefficient (Wildman–Crippen LogP) is 4.01. The van der Waals surface area contributed by atoms with Crippen molar-refractivity contribution in [1.29, 1.82) is 0 Å². The molecule has 27 heavy (non-hydrogen) atoms. The maximum atomic E-state index is 13.5. The number of halogens is 1. The highest BCUT2D eigenvalue weighted by Crippen LogP contribution is 2.21. The van der Waals surface area contributed by atoms with E-state index in [-0.39, 0.29) is 0 Å². The van der Waals surface area contributed by atoms with Crippen LogP contribution in [0.25, 0.3) is 22.6 Å². The molecule has 4 heterocycles. The first-order chi connectivity index (χ1) is 13.2. The Hall–Kier alpha value is -3.09. The Kier molecular flexibility index (Phi) is 4.91. The number of fused-ring (bicyclic) bond motifs is 1. The van der Waals surface area contributed by atoms with E-state index in [1.807, 2.05) is 18.5 Å². The summed E-state index contributed by atoms with van der Waals surface area (Å²) in [5, 5.41) is 0. The summed E-state index contributed by atoms with van der Waals surface area (Å²) >= 11 is 0. The Labute approximate surface area is 156 Å². The van der Waals surface area contributed by atoms with Crippen molar-refractivity contribution in [3.8, 4) is 11.5 Å². The number of H-pyrrole nitrogens is 1. The number of hydrogen-bond acceptors (Lipinski definition) is 4. The number of hydrogen-bond donors (Lipinski definition) is 1. The van der Waals surface area contributed by atoms with E-state index in [0.29, 0.717) is 17.4 Å². The minimum Gasteiger partial charge on any atom is -0.343 e. The Bertz CT molecular complexity index is 1040. The average molecular weight is 364 g/mol. The number of aromatic nitrogens is 6. The molecule has 0 fully saturated rings. The Balaban J connectivity index is 1.56. The van der Waals surface area contributed by atoms with Crippen LogP contribution in [0.2, 0.25) is 0 Å². The van der Waals surface area contributed by atoms with Crippen molar-refractivity contribution >= 4 is 11.0 Å². The quantitative estimate of drug-likeness (QED) is 0.503. The molecule has 7 heteroatoms. The molecule has 6 nitrogen and oxygen atoms in total. The van der Waals surface area contributed by atoms with Crippen molar-refractivity contribution in [2.24, 2.45) is 5.92 Å². The second-order valence-electron chi connectivity index (χ2n) is 6.70. The predicted molar refractivity (Wildman–Crippen MR) is 101 cm³/mol. The number of pyridine rings is 2. The summed E-state index contributed by atoms with van der Waals surface area (Å²) in [4.78, 5) is 20.3. The molecule has 0 radical (unpaired) electrons. The zero-order valence-electron chi connectivity index (χ0n) is 15.1. The van der Waals surface area contributed by atoms with Gasteiger partial charge in [0.15, 0.2) is 5.82 Å². The van der Waals surface area contributed by atoms with Crippen LogP contribution in [-0.4, -0.2) is 29.5 Å². The van der Waals surface area contributed by atoms with Gasteiger partial charge in [0.1, 0.15) is 5.69 Å². The highest BCUT2D eigenvalue weighted by atomic mass is 19.1. The molecule has 1 unspecified atom stereocenters. The molecular formula is C20H21FN6. The van der Waals surface area contributed by atoms with E-state index in [1.165, 1.54) is 6.07 Å². The van der Waals surface area contributed by atoms with Gasteiger partial charge in [-0.3, -0.25) is 4.98 Å². The molecule has 0 amide bonds. The minimum absolute atomic E-state index is 0.389. The van der Waals surface area contributed by atoms with Gasteiger partial charge in [0.05, 0.1) is 23.6 Å². The molecule has 1 atom stereocenters. The van der Waals surface area contributed by atoms with Crippen LogP contribution in [0.15, 0.2) is 49.2 Å². The fourth-order valence-corrected chi connectivity index (χ4v) is 3.45. The van der Waals surface area contributed by atoms with Gasteiger partial charge in [-0.1, -0.05) is 19.4 Å². The first-order valence-corrected chi connectivity index (χ1v) is 9.15. The number of nitrogens with zero attached hydrogens (tertiary/aromatic N) is 5. The molecule has 4 rings (SSSR count). The van der Waals surface area contributed by atoms with Gasteiger partial charge in [0, 0.05) is 24.6 Å². The summed E-state index contributed by atoms with van der Waals surface area (Å²) in [6, 6.07) is 6.82. The van der Waals surface area contributed by atoms with Gasteiger partial charge in [-0.2, -0.15) is 4.39 Å². The Morgan fingerprint density at radius 1 is 1.22 bits per heavy atom. The van der Waals surface area contributed by atoms with Crippen LogP contribution in [0.5, 0.6) is 0 Å². The number of imidazole rings is 2.